The van der Waals surface area contributed by atoms with Gasteiger partial charge < -0.3 is 10.6 Å². The fourth-order valence-corrected chi connectivity index (χ4v) is 3.89. The molecule has 7 heteroatoms. The summed E-state index contributed by atoms with van der Waals surface area (Å²) in [6, 6.07) is 8.52. The lowest BCUT2D eigenvalue weighted by atomic mass is 9.83. The molecule has 0 unspecified atom stereocenters. The van der Waals surface area contributed by atoms with Gasteiger partial charge in [-0.2, -0.15) is 5.10 Å². The summed E-state index contributed by atoms with van der Waals surface area (Å²) in [5.74, 6) is 0.916. The highest BCUT2D eigenvalue weighted by atomic mass is 127. The molecule has 28 heavy (non-hydrogen) atoms. The molecule has 1 heterocycles. The van der Waals surface area contributed by atoms with Gasteiger partial charge in [-0.1, -0.05) is 44.0 Å². The normalized spacial score (nSPS) is 15.9. The van der Waals surface area contributed by atoms with Crippen LogP contribution in [0.4, 0.5) is 0 Å². The monoisotopic (exact) mass is 496 g/mol. The third-order valence-corrected chi connectivity index (χ3v) is 5.61. The molecule has 3 rings (SSSR count). The van der Waals surface area contributed by atoms with E-state index in [2.05, 4.69) is 58.8 Å². The van der Waals surface area contributed by atoms with E-state index in [0.717, 1.165) is 25.6 Å². The van der Waals surface area contributed by atoms with E-state index in [0.29, 0.717) is 12.0 Å². The predicted octanol–water partition coefficient (Wildman–Crippen LogP) is 3.97. The molecule has 0 radical (unpaired) electrons. The maximum absolute atomic E-state index is 4.81. The summed E-state index contributed by atoms with van der Waals surface area (Å²) < 4.78 is 1.83. The van der Waals surface area contributed by atoms with Gasteiger partial charge in [-0.25, -0.2) is 14.7 Å². The number of benzene rings is 1. The Kier molecular flexibility index (Phi) is 9.21. The predicted molar refractivity (Wildman–Crippen MR) is 125 cm³/mol. The van der Waals surface area contributed by atoms with E-state index in [1.54, 1.807) is 12.7 Å². The van der Waals surface area contributed by atoms with E-state index in [1.165, 1.54) is 43.2 Å². The van der Waals surface area contributed by atoms with Crippen LogP contribution in [0.1, 0.15) is 57.1 Å². The lowest BCUT2D eigenvalue weighted by molar-refractivity contribution is 0.283. The van der Waals surface area contributed by atoms with Crippen LogP contribution < -0.4 is 10.6 Å². The first-order valence-corrected chi connectivity index (χ1v) is 10.2. The second-order valence-electron chi connectivity index (χ2n) is 7.52. The van der Waals surface area contributed by atoms with Crippen LogP contribution in [0.5, 0.6) is 0 Å². The number of rotatable bonds is 8. The highest BCUT2D eigenvalue weighted by Crippen LogP contribution is 2.40. The first kappa shape index (κ1) is 22.6. The van der Waals surface area contributed by atoms with Crippen molar-refractivity contribution in [1.29, 1.82) is 0 Å². The molecule has 1 aromatic heterocycles. The first-order valence-electron chi connectivity index (χ1n) is 10.2. The standard InChI is InChI=1S/C21H32N6.HI/c1-3-21(10-5-6-11-21)15-25-20(23-4-2)24-13-18-8-7-9-19(12-18)14-27-17-22-16-26-27;/h7-9,12,16-17H,3-6,10-11,13-15H2,1-2H3,(H2,23,24,25);1H. The second-order valence-corrected chi connectivity index (χ2v) is 7.52. The Bertz CT molecular complexity index is 722. The van der Waals surface area contributed by atoms with E-state index < -0.39 is 0 Å². The maximum atomic E-state index is 4.81. The molecule has 1 aliphatic carbocycles. The minimum Gasteiger partial charge on any atom is -0.357 e. The van der Waals surface area contributed by atoms with E-state index in [1.807, 2.05) is 4.68 Å². The van der Waals surface area contributed by atoms with Crippen LogP contribution >= 0.6 is 24.0 Å². The number of hydrogen-bond acceptors (Lipinski definition) is 3. The number of nitrogens with one attached hydrogen (secondary N) is 2. The molecule has 0 bridgehead atoms. The van der Waals surface area contributed by atoms with Crippen LogP contribution in [0.2, 0.25) is 0 Å². The molecule has 1 fully saturated rings. The molecule has 154 valence electrons. The summed E-state index contributed by atoms with van der Waals surface area (Å²) in [7, 11) is 0. The van der Waals surface area contributed by atoms with Crippen molar-refractivity contribution in [2.45, 2.75) is 59.0 Å². The maximum Gasteiger partial charge on any atom is 0.191 e. The van der Waals surface area contributed by atoms with E-state index in [-0.39, 0.29) is 24.0 Å². The number of aliphatic imine (C=N–C) groups is 1. The molecule has 1 aliphatic rings. The molecule has 2 aromatic rings. The summed E-state index contributed by atoms with van der Waals surface area (Å²) in [6.45, 7) is 7.71. The van der Waals surface area contributed by atoms with Crippen LogP contribution in [0.25, 0.3) is 0 Å². The van der Waals surface area contributed by atoms with Gasteiger partial charge in [-0.15, -0.1) is 24.0 Å². The summed E-state index contributed by atoms with van der Waals surface area (Å²) in [4.78, 5) is 8.81. The second kappa shape index (κ2) is 11.4. The van der Waals surface area contributed by atoms with Gasteiger partial charge in [0, 0.05) is 13.1 Å². The van der Waals surface area contributed by atoms with Crippen LogP contribution in [-0.4, -0.2) is 33.8 Å². The van der Waals surface area contributed by atoms with Crippen LogP contribution in [-0.2, 0) is 13.1 Å². The average Bonchev–Trinajstić information content (AvgIpc) is 3.37. The summed E-state index contributed by atoms with van der Waals surface area (Å²) >= 11 is 0. The van der Waals surface area contributed by atoms with E-state index >= 15 is 0 Å². The number of aromatic nitrogens is 3. The zero-order valence-corrected chi connectivity index (χ0v) is 19.4. The fraction of sp³-hybridized carbons (Fsp3) is 0.571. The molecule has 2 N–H and O–H groups in total. The van der Waals surface area contributed by atoms with Crippen molar-refractivity contribution in [3.05, 3.63) is 48.0 Å². The molecule has 0 spiro atoms. The average molecular weight is 496 g/mol. The van der Waals surface area contributed by atoms with Crippen LogP contribution in [0.3, 0.4) is 0 Å². The zero-order valence-electron chi connectivity index (χ0n) is 17.0. The third kappa shape index (κ3) is 6.46. The van der Waals surface area contributed by atoms with Gasteiger partial charge in [0.1, 0.15) is 12.7 Å². The minimum atomic E-state index is 0. The van der Waals surface area contributed by atoms with Gasteiger partial charge >= 0.3 is 0 Å². The minimum absolute atomic E-state index is 0. The Balaban J connectivity index is 0.00000280. The van der Waals surface area contributed by atoms with Gasteiger partial charge in [-0.05, 0) is 42.7 Å². The SMILES string of the molecule is CCNC(=NCc1cccc(Cn2cncn2)c1)NCC1(CC)CCCC1.I. The Morgan fingerprint density at radius 3 is 2.64 bits per heavy atom. The molecule has 0 amide bonds. The lowest BCUT2D eigenvalue weighted by Gasteiger charge is -2.28. The fourth-order valence-electron chi connectivity index (χ4n) is 3.89. The summed E-state index contributed by atoms with van der Waals surface area (Å²) in [5, 5.41) is 11.2. The van der Waals surface area contributed by atoms with Crippen molar-refractivity contribution < 1.29 is 0 Å². The van der Waals surface area contributed by atoms with Crippen LogP contribution in [0, 0.1) is 5.41 Å². The number of halogens is 1. The van der Waals surface area contributed by atoms with Crippen molar-refractivity contribution in [3.63, 3.8) is 0 Å². The van der Waals surface area contributed by atoms with Crippen molar-refractivity contribution in [2.24, 2.45) is 10.4 Å². The Morgan fingerprint density at radius 2 is 1.96 bits per heavy atom. The van der Waals surface area contributed by atoms with Crippen molar-refractivity contribution in [3.8, 4) is 0 Å². The zero-order chi connectivity index (χ0) is 19.0. The van der Waals surface area contributed by atoms with Gasteiger partial charge in [0.2, 0.25) is 0 Å². The Labute approximate surface area is 185 Å². The van der Waals surface area contributed by atoms with Gasteiger partial charge in [0.25, 0.3) is 0 Å². The molecule has 0 aliphatic heterocycles. The quantitative estimate of drug-likeness (QED) is 0.330. The van der Waals surface area contributed by atoms with Crippen molar-refractivity contribution >= 4 is 29.9 Å². The molecule has 6 nitrogen and oxygen atoms in total. The lowest BCUT2D eigenvalue weighted by Crippen LogP contribution is -2.42. The van der Waals surface area contributed by atoms with Gasteiger partial charge in [0.15, 0.2) is 5.96 Å². The number of nitrogens with zero attached hydrogens (tertiary/aromatic N) is 4. The Morgan fingerprint density at radius 1 is 1.18 bits per heavy atom. The highest BCUT2D eigenvalue weighted by molar-refractivity contribution is 14.0. The largest absolute Gasteiger partial charge is 0.357 e. The van der Waals surface area contributed by atoms with Gasteiger partial charge in [-0.3, -0.25) is 0 Å². The molecule has 1 aromatic carbocycles. The van der Waals surface area contributed by atoms with Crippen molar-refractivity contribution in [1.82, 2.24) is 25.4 Å². The number of hydrogen-bond donors (Lipinski definition) is 2. The van der Waals surface area contributed by atoms with Crippen LogP contribution in [0.15, 0.2) is 41.9 Å². The summed E-state index contributed by atoms with van der Waals surface area (Å²) in [5.41, 5.74) is 2.87. The smallest absolute Gasteiger partial charge is 0.191 e. The summed E-state index contributed by atoms with van der Waals surface area (Å²) in [6.07, 6.45) is 9.94. The molecule has 0 saturated heterocycles. The number of guanidine groups is 1. The molecular formula is C21H33IN6. The molecule has 0 atom stereocenters. The highest BCUT2D eigenvalue weighted by Gasteiger charge is 2.31. The van der Waals surface area contributed by atoms with Crippen molar-refractivity contribution in [2.75, 3.05) is 13.1 Å². The van der Waals surface area contributed by atoms with E-state index in [9.17, 15) is 0 Å². The Hall–Kier alpha value is -1.64. The first-order chi connectivity index (χ1) is 13.2. The molecular weight excluding hydrogens is 463 g/mol. The third-order valence-electron chi connectivity index (χ3n) is 5.61. The topological polar surface area (TPSA) is 67.1 Å². The molecule has 1 saturated carbocycles. The van der Waals surface area contributed by atoms with E-state index in [4.69, 9.17) is 4.99 Å². The van der Waals surface area contributed by atoms with Gasteiger partial charge in [0.05, 0.1) is 13.1 Å².